The van der Waals surface area contributed by atoms with Gasteiger partial charge in [-0.25, -0.2) is 8.42 Å². The van der Waals surface area contributed by atoms with Crippen molar-refractivity contribution in [3.63, 3.8) is 0 Å². The van der Waals surface area contributed by atoms with Crippen LogP contribution in [0, 0.1) is 0 Å². The van der Waals surface area contributed by atoms with Crippen molar-refractivity contribution in [2.24, 2.45) is 0 Å². The summed E-state index contributed by atoms with van der Waals surface area (Å²) in [7, 11) is -3.78. The quantitative estimate of drug-likeness (QED) is 0.580. The van der Waals surface area contributed by atoms with Crippen molar-refractivity contribution < 1.29 is 32.2 Å². The van der Waals surface area contributed by atoms with Crippen LogP contribution in [0.5, 0.6) is 0 Å². The number of rotatable bonds is 5. The van der Waals surface area contributed by atoms with E-state index in [1.165, 1.54) is 38.1 Å². The average Bonchev–Trinajstić information content (AvgIpc) is 2.54. The molecule has 0 spiro atoms. The number of hydrogen-bond acceptors (Lipinski definition) is 7. The molecule has 7 nitrogen and oxygen atoms in total. The van der Waals surface area contributed by atoms with Crippen LogP contribution in [0.2, 0.25) is 0 Å². The monoisotopic (exact) mass is 354 g/mol. The summed E-state index contributed by atoms with van der Waals surface area (Å²) in [5.74, 6) is -1.09. The lowest BCUT2D eigenvalue weighted by Crippen LogP contribution is -2.43. The molecule has 8 heteroatoms. The van der Waals surface area contributed by atoms with Crippen LogP contribution in [0.3, 0.4) is 0 Å². The van der Waals surface area contributed by atoms with E-state index in [1.807, 2.05) is 0 Å². The summed E-state index contributed by atoms with van der Waals surface area (Å²) in [6.07, 6.45) is 1.01. The molecule has 24 heavy (non-hydrogen) atoms. The lowest BCUT2D eigenvalue weighted by Gasteiger charge is -2.31. The minimum Gasteiger partial charge on any atom is -0.463 e. The maximum absolute atomic E-state index is 12.6. The zero-order valence-electron chi connectivity index (χ0n) is 13.2. The average molecular weight is 354 g/mol. The molecule has 1 heterocycles. The van der Waals surface area contributed by atoms with Gasteiger partial charge in [0, 0.05) is 13.8 Å². The van der Waals surface area contributed by atoms with Gasteiger partial charge in [-0.3, -0.25) is 9.59 Å². The predicted octanol–water partition coefficient (Wildman–Crippen LogP) is 1.24. The lowest BCUT2D eigenvalue weighted by atomic mass is 10.1. The van der Waals surface area contributed by atoms with Gasteiger partial charge in [0.1, 0.15) is 18.8 Å². The molecule has 1 aromatic rings. The molecule has 3 atom stereocenters. The van der Waals surface area contributed by atoms with Crippen LogP contribution in [0.1, 0.15) is 13.8 Å². The Hall–Kier alpha value is -2.19. The molecule has 2 rings (SSSR count). The molecule has 0 unspecified atom stereocenters. The van der Waals surface area contributed by atoms with Crippen molar-refractivity contribution in [1.82, 2.24) is 0 Å². The molecule has 0 N–H and O–H groups in total. The summed E-state index contributed by atoms with van der Waals surface area (Å²) < 4.78 is 40.7. The number of benzene rings is 1. The van der Waals surface area contributed by atoms with Crippen LogP contribution in [-0.4, -0.2) is 44.6 Å². The highest BCUT2D eigenvalue weighted by Gasteiger charge is 2.37. The van der Waals surface area contributed by atoms with Crippen molar-refractivity contribution in [3.05, 3.63) is 42.5 Å². The van der Waals surface area contributed by atoms with Gasteiger partial charge in [0.15, 0.2) is 5.44 Å². The van der Waals surface area contributed by atoms with E-state index in [2.05, 4.69) is 0 Å². The first kappa shape index (κ1) is 18.2. The van der Waals surface area contributed by atoms with E-state index in [0.717, 1.165) is 0 Å². The highest BCUT2D eigenvalue weighted by atomic mass is 32.2. The fourth-order valence-electron chi connectivity index (χ4n) is 2.18. The van der Waals surface area contributed by atoms with E-state index < -0.39 is 39.4 Å². The summed E-state index contributed by atoms with van der Waals surface area (Å²) >= 11 is 0. The number of carbonyl (C=O) groups is 2. The molecule has 1 aliphatic rings. The Morgan fingerprint density at radius 2 is 1.75 bits per heavy atom. The standard InChI is InChI=1S/C16H18O7S/c1-11(17)21-10-15-14(22-12(2)18)8-9-16(23-15)24(19,20)13-6-4-3-5-7-13/h3-9,14-16H,10H2,1-2H3/t14-,15-,16-/m1/s1. The Morgan fingerprint density at radius 3 is 2.33 bits per heavy atom. The van der Waals surface area contributed by atoms with Gasteiger partial charge in [0.25, 0.3) is 0 Å². The minimum atomic E-state index is -3.78. The lowest BCUT2D eigenvalue weighted by molar-refractivity contribution is -0.160. The number of hydrogen-bond donors (Lipinski definition) is 0. The third-order valence-corrected chi connectivity index (χ3v) is 5.07. The van der Waals surface area contributed by atoms with E-state index >= 15 is 0 Å². The maximum atomic E-state index is 12.6. The third-order valence-electron chi connectivity index (χ3n) is 3.26. The van der Waals surface area contributed by atoms with Crippen molar-refractivity contribution in [2.75, 3.05) is 6.61 Å². The van der Waals surface area contributed by atoms with E-state index in [4.69, 9.17) is 14.2 Å². The molecule has 1 aliphatic heterocycles. The zero-order chi connectivity index (χ0) is 17.7. The van der Waals surface area contributed by atoms with Gasteiger partial charge in [-0.05, 0) is 24.3 Å². The van der Waals surface area contributed by atoms with Crippen LogP contribution in [-0.2, 0) is 33.6 Å². The summed E-state index contributed by atoms with van der Waals surface area (Å²) in [5, 5.41) is 0. The SMILES string of the molecule is CC(=O)OC[C@H]1O[C@H](S(=O)(=O)c2ccccc2)C=C[C@H]1OC(C)=O. The van der Waals surface area contributed by atoms with Crippen LogP contribution in [0.4, 0.5) is 0 Å². The van der Waals surface area contributed by atoms with Crippen molar-refractivity contribution in [1.29, 1.82) is 0 Å². The fraction of sp³-hybridized carbons (Fsp3) is 0.375. The molecule has 1 aromatic carbocycles. The first-order chi connectivity index (χ1) is 11.3. The molecule has 0 radical (unpaired) electrons. The molecule has 0 saturated heterocycles. The summed E-state index contributed by atoms with van der Waals surface area (Å²) in [6.45, 7) is 2.22. The predicted molar refractivity (Wildman–Crippen MR) is 83.6 cm³/mol. The Labute approximate surface area is 140 Å². The van der Waals surface area contributed by atoms with Gasteiger partial charge >= 0.3 is 11.9 Å². The number of esters is 2. The van der Waals surface area contributed by atoms with Gasteiger partial charge in [-0.2, -0.15) is 0 Å². The third kappa shape index (κ3) is 4.42. The number of sulfone groups is 1. The molecule has 0 fully saturated rings. The first-order valence-electron chi connectivity index (χ1n) is 7.24. The van der Waals surface area contributed by atoms with Gasteiger partial charge in [0.05, 0.1) is 4.90 Å². The van der Waals surface area contributed by atoms with E-state index in [-0.39, 0.29) is 11.5 Å². The van der Waals surface area contributed by atoms with Crippen LogP contribution in [0.15, 0.2) is 47.4 Å². The normalized spacial score (nSPS) is 23.5. The van der Waals surface area contributed by atoms with Gasteiger partial charge < -0.3 is 14.2 Å². The van der Waals surface area contributed by atoms with Crippen LogP contribution < -0.4 is 0 Å². The second kappa shape index (κ2) is 7.59. The molecular formula is C16H18O7S. The largest absolute Gasteiger partial charge is 0.463 e. The van der Waals surface area contributed by atoms with Gasteiger partial charge in [-0.1, -0.05) is 18.2 Å². The molecule has 0 saturated carbocycles. The Kier molecular flexibility index (Phi) is 5.74. The van der Waals surface area contributed by atoms with Crippen molar-refractivity contribution in [2.45, 2.75) is 36.4 Å². The molecular weight excluding hydrogens is 336 g/mol. The van der Waals surface area contributed by atoms with Gasteiger partial charge in [0.2, 0.25) is 9.84 Å². The summed E-state index contributed by atoms with van der Waals surface area (Å²) in [6, 6.07) is 7.85. The van der Waals surface area contributed by atoms with Crippen LogP contribution >= 0.6 is 0 Å². The van der Waals surface area contributed by atoms with E-state index in [9.17, 15) is 18.0 Å². The molecule has 0 bridgehead atoms. The second-order valence-corrected chi connectivity index (χ2v) is 7.19. The fourth-order valence-corrected chi connectivity index (χ4v) is 3.57. The maximum Gasteiger partial charge on any atom is 0.303 e. The molecule has 130 valence electrons. The molecule has 0 aromatic heterocycles. The smallest absolute Gasteiger partial charge is 0.303 e. The Bertz CT molecular complexity index is 724. The molecule has 0 aliphatic carbocycles. The Morgan fingerprint density at radius 1 is 1.08 bits per heavy atom. The van der Waals surface area contributed by atoms with E-state index in [0.29, 0.717) is 0 Å². The summed E-state index contributed by atoms with van der Waals surface area (Å²) in [4.78, 5) is 22.3. The van der Waals surface area contributed by atoms with Gasteiger partial charge in [-0.15, -0.1) is 0 Å². The Balaban J connectivity index is 2.24. The molecule has 0 amide bonds. The summed E-state index contributed by atoms with van der Waals surface area (Å²) in [5.41, 5.74) is -1.26. The topological polar surface area (TPSA) is 96.0 Å². The first-order valence-corrected chi connectivity index (χ1v) is 8.78. The zero-order valence-corrected chi connectivity index (χ0v) is 14.1. The number of ether oxygens (including phenoxy) is 3. The highest BCUT2D eigenvalue weighted by Crippen LogP contribution is 2.25. The van der Waals surface area contributed by atoms with Crippen molar-refractivity contribution >= 4 is 21.8 Å². The second-order valence-electron chi connectivity index (χ2n) is 5.16. The van der Waals surface area contributed by atoms with Crippen molar-refractivity contribution in [3.8, 4) is 0 Å². The van der Waals surface area contributed by atoms with Crippen LogP contribution in [0.25, 0.3) is 0 Å². The number of carbonyl (C=O) groups excluding carboxylic acids is 2. The highest BCUT2D eigenvalue weighted by molar-refractivity contribution is 7.92. The minimum absolute atomic E-state index is 0.108. The van der Waals surface area contributed by atoms with E-state index in [1.54, 1.807) is 18.2 Å².